The van der Waals surface area contributed by atoms with E-state index in [2.05, 4.69) is 31.3 Å². The van der Waals surface area contributed by atoms with Gasteiger partial charge in [0, 0.05) is 18.3 Å². The highest BCUT2D eigenvalue weighted by Gasteiger charge is 2.06. The highest BCUT2D eigenvalue weighted by atomic mass is 16.5. The van der Waals surface area contributed by atoms with Crippen LogP contribution in [0.3, 0.4) is 0 Å². The van der Waals surface area contributed by atoms with Crippen LogP contribution in [0, 0.1) is 0 Å². The normalized spacial score (nSPS) is 10.9. The summed E-state index contributed by atoms with van der Waals surface area (Å²) in [5.41, 5.74) is 2.30. The van der Waals surface area contributed by atoms with Gasteiger partial charge in [0.2, 0.25) is 0 Å². The van der Waals surface area contributed by atoms with Crippen molar-refractivity contribution in [2.45, 2.75) is 39.7 Å². The molecule has 0 aliphatic rings. The molecule has 0 saturated heterocycles. The van der Waals surface area contributed by atoms with E-state index in [1.165, 1.54) is 5.56 Å². The Bertz CT molecular complexity index is 608. The van der Waals surface area contributed by atoms with Crippen LogP contribution in [-0.4, -0.2) is 19.3 Å². The number of hydrogen-bond donors (Lipinski definition) is 1. The van der Waals surface area contributed by atoms with E-state index in [1.54, 1.807) is 0 Å². The molecule has 0 bridgehead atoms. The summed E-state index contributed by atoms with van der Waals surface area (Å²) in [6.45, 7) is 9.79. The third kappa shape index (κ3) is 5.51. The zero-order valence-electron chi connectivity index (χ0n) is 14.5. The number of benzene rings is 2. The topological polar surface area (TPSA) is 30.5 Å². The summed E-state index contributed by atoms with van der Waals surface area (Å²) in [5.74, 6) is 2.32. The van der Waals surface area contributed by atoms with Crippen molar-refractivity contribution in [3.05, 3.63) is 54.1 Å². The Labute approximate surface area is 139 Å². The molecular weight excluding hydrogens is 286 g/mol. The van der Waals surface area contributed by atoms with Gasteiger partial charge in [-0.3, -0.25) is 0 Å². The lowest BCUT2D eigenvalue weighted by Crippen LogP contribution is -2.12. The minimum atomic E-state index is 0.182. The maximum absolute atomic E-state index is 5.92. The summed E-state index contributed by atoms with van der Waals surface area (Å²) in [4.78, 5) is 0. The Morgan fingerprint density at radius 1 is 0.957 bits per heavy atom. The molecule has 0 radical (unpaired) electrons. The van der Waals surface area contributed by atoms with Crippen molar-refractivity contribution in [2.24, 2.45) is 0 Å². The molecule has 0 saturated carbocycles. The molecular formula is C20H27NO2. The van der Waals surface area contributed by atoms with Gasteiger partial charge in [0.05, 0.1) is 6.10 Å². The quantitative estimate of drug-likeness (QED) is 0.689. The molecule has 3 heteroatoms. The van der Waals surface area contributed by atoms with Gasteiger partial charge in [0.25, 0.3) is 0 Å². The first-order valence-corrected chi connectivity index (χ1v) is 8.28. The van der Waals surface area contributed by atoms with Crippen LogP contribution in [0.4, 0.5) is 5.69 Å². The Morgan fingerprint density at radius 2 is 1.74 bits per heavy atom. The first-order valence-electron chi connectivity index (χ1n) is 8.28. The second-order valence-corrected chi connectivity index (χ2v) is 6.16. The van der Waals surface area contributed by atoms with Gasteiger partial charge in [-0.1, -0.05) is 38.1 Å². The van der Waals surface area contributed by atoms with E-state index in [0.717, 1.165) is 23.7 Å². The summed E-state index contributed by atoms with van der Waals surface area (Å²) < 4.78 is 11.6. The lowest BCUT2D eigenvalue weighted by Gasteiger charge is -2.15. The van der Waals surface area contributed by atoms with Crippen LogP contribution in [0.2, 0.25) is 0 Å². The molecule has 23 heavy (non-hydrogen) atoms. The van der Waals surface area contributed by atoms with Crippen molar-refractivity contribution in [1.82, 2.24) is 0 Å². The monoisotopic (exact) mass is 313 g/mol. The summed E-state index contributed by atoms with van der Waals surface area (Å²) in [7, 11) is 0. The highest BCUT2D eigenvalue weighted by Crippen LogP contribution is 2.25. The fourth-order valence-electron chi connectivity index (χ4n) is 2.40. The zero-order valence-corrected chi connectivity index (χ0v) is 14.5. The van der Waals surface area contributed by atoms with Crippen LogP contribution in [0.25, 0.3) is 0 Å². The minimum absolute atomic E-state index is 0.182. The molecule has 2 aromatic rings. The van der Waals surface area contributed by atoms with Gasteiger partial charge in [-0.05, 0) is 43.5 Å². The lowest BCUT2D eigenvalue weighted by atomic mass is 10.0. The van der Waals surface area contributed by atoms with E-state index in [0.29, 0.717) is 12.5 Å². The van der Waals surface area contributed by atoms with E-state index >= 15 is 0 Å². The lowest BCUT2D eigenvalue weighted by molar-refractivity contribution is 0.242. The van der Waals surface area contributed by atoms with Crippen molar-refractivity contribution in [3.8, 4) is 11.5 Å². The summed E-state index contributed by atoms with van der Waals surface area (Å²) in [6, 6.07) is 16.3. The predicted octanol–water partition coefficient (Wildman–Crippen LogP) is 5.09. The first-order chi connectivity index (χ1) is 11.1. The molecule has 3 nitrogen and oxygen atoms in total. The van der Waals surface area contributed by atoms with Crippen molar-refractivity contribution in [3.63, 3.8) is 0 Å². The van der Waals surface area contributed by atoms with E-state index in [-0.39, 0.29) is 6.10 Å². The first kappa shape index (κ1) is 17.2. The van der Waals surface area contributed by atoms with E-state index < -0.39 is 0 Å². The Hall–Kier alpha value is -2.16. The van der Waals surface area contributed by atoms with Crippen LogP contribution in [0.5, 0.6) is 11.5 Å². The SMILES string of the molecule is CC(C)Oc1cccc(NCCOc2ccccc2C(C)C)c1. The number of hydrogen-bond acceptors (Lipinski definition) is 3. The third-order valence-corrected chi connectivity index (χ3v) is 3.44. The maximum Gasteiger partial charge on any atom is 0.122 e. The van der Waals surface area contributed by atoms with Crippen LogP contribution in [0.15, 0.2) is 48.5 Å². The molecule has 0 unspecified atom stereocenters. The second-order valence-electron chi connectivity index (χ2n) is 6.16. The molecule has 0 atom stereocenters. The largest absolute Gasteiger partial charge is 0.491 e. The number of ether oxygens (including phenoxy) is 2. The number of nitrogens with one attached hydrogen (secondary N) is 1. The molecule has 0 aliphatic heterocycles. The van der Waals surface area contributed by atoms with Crippen molar-refractivity contribution >= 4 is 5.69 Å². The van der Waals surface area contributed by atoms with Crippen molar-refractivity contribution in [1.29, 1.82) is 0 Å². The Morgan fingerprint density at radius 3 is 2.48 bits per heavy atom. The number of rotatable bonds is 8. The van der Waals surface area contributed by atoms with Crippen LogP contribution < -0.4 is 14.8 Å². The molecule has 0 spiro atoms. The molecule has 0 heterocycles. The van der Waals surface area contributed by atoms with Crippen LogP contribution in [-0.2, 0) is 0 Å². The smallest absolute Gasteiger partial charge is 0.122 e. The van der Waals surface area contributed by atoms with Gasteiger partial charge in [-0.25, -0.2) is 0 Å². The Balaban J connectivity index is 1.84. The molecule has 2 aromatic carbocycles. The van der Waals surface area contributed by atoms with Gasteiger partial charge in [-0.2, -0.15) is 0 Å². The molecule has 0 amide bonds. The van der Waals surface area contributed by atoms with E-state index in [4.69, 9.17) is 9.47 Å². The fraction of sp³-hybridized carbons (Fsp3) is 0.400. The molecule has 0 fully saturated rings. The maximum atomic E-state index is 5.92. The zero-order chi connectivity index (χ0) is 16.7. The standard InChI is InChI=1S/C20H27NO2/c1-15(2)19-10-5-6-11-20(19)22-13-12-21-17-8-7-9-18(14-17)23-16(3)4/h5-11,14-16,21H,12-13H2,1-4H3. The van der Waals surface area contributed by atoms with Gasteiger partial charge in [0.1, 0.15) is 18.1 Å². The minimum Gasteiger partial charge on any atom is -0.491 e. The molecule has 124 valence electrons. The summed E-state index contributed by atoms with van der Waals surface area (Å²) in [6.07, 6.45) is 0.182. The molecule has 0 aliphatic carbocycles. The van der Waals surface area contributed by atoms with Gasteiger partial charge >= 0.3 is 0 Å². The van der Waals surface area contributed by atoms with Crippen molar-refractivity contribution < 1.29 is 9.47 Å². The molecule has 1 N–H and O–H groups in total. The second kappa shape index (κ2) is 8.47. The Kier molecular flexibility index (Phi) is 6.33. The van der Waals surface area contributed by atoms with Crippen molar-refractivity contribution in [2.75, 3.05) is 18.5 Å². The fourth-order valence-corrected chi connectivity index (χ4v) is 2.40. The molecule has 0 aromatic heterocycles. The van der Waals surface area contributed by atoms with Gasteiger partial charge in [0.15, 0.2) is 0 Å². The van der Waals surface area contributed by atoms with Crippen LogP contribution >= 0.6 is 0 Å². The average molecular weight is 313 g/mol. The van der Waals surface area contributed by atoms with Crippen LogP contribution in [0.1, 0.15) is 39.2 Å². The summed E-state index contributed by atoms with van der Waals surface area (Å²) >= 11 is 0. The van der Waals surface area contributed by atoms with Gasteiger partial charge < -0.3 is 14.8 Å². The van der Waals surface area contributed by atoms with Gasteiger partial charge in [-0.15, -0.1) is 0 Å². The third-order valence-electron chi connectivity index (χ3n) is 3.44. The number of para-hydroxylation sites is 1. The number of anilines is 1. The molecule has 2 rings (SSSR count). The average Bonchev–Trinajstić information content (AvgIpc) is 2.51. The summed E-state index contributed by atoms with van der Waals surface area (Å²) in [5, 5.41) is 3.37. The highest BCUT2D eigenvalue weighted by molar-refractivity contribution is 5.48. The predicted molar refractivity (Wildman–Crippen MR) is 96.7 cm³/mol. The van der Waals surface area contributed by atoms with E-state index in [9.17, 15) is 0 Å². The van der Waals surface area contributed by atoms with E-state index in [1.807, 2.05) is 50.2 Å².